The molecule has 250 valence electrons. The van der Waals surface area contributed by atoms with Gasteiger partial charge >= 0.3 is 0 Å². The van der Waals surface area contributed by atoms with Crippen molar-refractivity contribution >= 4 is 35.8 Å². The number of amides is 1. The predicted octanol–water partition coefficient (Wildman–Crippen LogP) is -5.98. The molecule has 0 N–H and O–H groups in total. The Morgan fingerprint density at radius 3 is 1.24 bits per heavy atom. The lowest BCUT2D eigenvalue weighted by molar-refractivity contribution is -0.314. The summed E-state index contributed by atoms with van der Waals surface area (Å²) in [5.74, 6) is -8.38. The highest BCUT2D eigenvalue weighted by atomic mass is 16.4. The zero-order valence-electron chi connectivity index (χ0n) is 25.1. The van der Waals surface area contributed by atoms with Crippen LogP contribution < -0.4 is 25.5 Å². The van der Waals surface area contributed by atoms with Gasteiger partial charge in [0.15, 0.2) is 0 Å². The van der Waals surface area contributed by atoms with Gasteiger partial charge in [0, 0.05) is 77.9 Å². The van der Waals surface area contributed by atoms with E-state index < -0.39 is 62.1 Å². The number of rotatable bonds is 23. The highest BCUT2D eigenvalue weighted by Crippen LogP contribution is 2.15. The molecule has 15 heteroatoms. The van der Waals surface area contributed by atoms with E-state index in [1.165, 1.54) is 4.90 Å². The molecule has 0 saturated carbocycles. The molecule has 0 radical (unpaired) electrons. The van der Waals surface area contributed by atoms with E-state index in [0.717, 1.165) is 20.9 Å². The molecule has 2 rings (SSSR count). The summed E-state index contributed by atoms with van der Waals surface area (Å²) in [6.07, 6.45) is -0.554. The molecule has 2 aromatic carbocycles. The zero-order chi connectivity index (χ0) is 34.1. The minimum atomic E-state index is -1.61. The summed E-state index contributed by atoms with van der Waals surface area (Å²) in [5.41, 5.74) is 1.68. The fourth-order valence-electron chi connectivity index (χ4n) is 4.83. The van der Waals surface area contributed by atoms with Crippen LogP contribution in [0.5, 0.6) is 0 Å². The van der Waals surface area contributed by atoms with Gasteiger partial charge in [-0.2, -0.15) is 0 Å². The third kappa shape index (κ3) is 14.7. The van der Waals surface area contributed by atoms with Gasteiger partial charge in [-0.15, -0.1) is 0 Å². The Morgan fingerprint density at radius 1 is 0.543 bits per heavy atom. The van der Waals surface area contributed by atoms with Crippen LogP contribution in [-0.2, 0) is 41.9 Å². The molecule has 0 bridgehead atoms. The molecule has 46 heavy (non-hydrogen) atoms. The summed E-state index contributed by atoms with van der Waals surface area (Å²) >= 11 is 0. The van der Waals surface area contributed by atoms with Gasteiger partial charge in [-0.05, 0) is 17.5 Å². The van der Waals surface area contributed by atoms with Crippen molar-refractivity contribution in [3.63, 3.8) is 0 Å². The van der Waals surface area contributed by atoms with Gasteiger partial charge in [0.05, 0.1) is 29.8 Å². The summed E-state index contributed by atoms with van der Waals surface area (Å²) in [6, 6.07) is 16.8. The lowest BCUT2D eigenvalue weighted by Gasteiger charge is -2.36. The van der Waals surface area contributed by atoms with E-state index >= 15 is 0 Å². The van der Waals surface area contributed by atoms with E-state index in [0.29, 0.717) is 0 Å². The molecule has 0 aromatic heterocycles. The molecular weight excluding hydrogens is 604 g/mol. The van der Waals surface area contributed by atoms with Crippen molar-refractivity contribution in [1.29, 1.82) is 0 Å². The van der Waals surface area contributed by atoms with E-state index in [-0.39, 0.29) is 58.0 Å². The van der Waals surface area contributed by atoms with Crippen molar-refractivity contribution in [3.8, 4) is 0 Å². The zero-order valence-corrected chi connectivity index (χ0v) is 25.1. The van der Waals surface area contributed by atoms with E-state index in [1.807, 2.05) is 60.7 Å². The van der Waals surface area contributed by atoms with Crippen LogP contribution in [0.4, 0.5) is 0 Å². The Balaban J connectivity index is 2.28. The lowest BCUT2D eigenvalue weighted by Crippen LogP contribution is -2.54. The van der Waals surface area contributed by atoms with Gasteiger partial charge in [0.1, 0.15) is 0 Å². The highest BCUT2D eigenvalue weighted by Gasteiger charge is 2.24. The van der Waals surface area contributed by atoms with Crippen LogP contribution in [0.3, 0.4) is 0 Å². The first-order valence-electron chi connectivity index (χ1n) is 14.4. The minimum absolute atomic E-state index is 0.233. The molecule has 1 atom stereocenters. The van der Waals surface area contributed by atoms with Gasteiger partial charge in [-0.1, -0.05) is 60.7 Å². The first-order valence-corrected chi connectivity index (χ1v) is 14.4. The third-order valence-electron chi connectivity index (χ3n) is 6.95. The maximum absolute atomic E-state index is 13.5. The van der Waals surface area contributed by atoms with E-state index in [4.69, 9.17) is 0 Å². The molecule has 0 aliphatic rings. The molecular formula is C31H35N4O11-5. The van der Waals surface area contributed by atoms with Crippen LogP contribution in [0.25, 0.3) is 0 Å². The second-order valence-electron chi connectivity index (χ2n) is 10.5. The lowest BCUT2D eigenvalue weighted by atomic mass is 10.1. The number of aliphatic carboxylic acids is 5. The molecule has 0 fully saturated rings. The van der Waals surface area contributed by atoms with Gasteiger partial charge in [0.2, 0.25) is 5.91 Å². The Labute approximate surface area is 265 Å². The van der Waals surface area contributed by atoms with Crippen LogP contribution in [0.1, 0.15) is 24.0 Å². The Hall–Kier alpha value is -4.86. The number of carbonyl (C=O) groups is 6. The number of carbonyl (C=O) groups excluding carboxylic acids is 6. The average molecular weight is 640 g/mol. The highest BCUT2D eigenvalue weighted by molar-refractivity contribution is 5.78. The summed E-state index contributed by atoms with van der Waals surface area (Å²) in [7, 11) is 0. The Bertz CT molecular complexity index is 1200. The number of hydrogen-bond donors (Lipinski definition) is 0. The summed E-state index contributed by atoms with van der Waals surface area (Å²) in [6.45, 7) is -3.97. The minimum Gasteiger partial charge on any atom is -0.549 e. The van der Waals surface area contributed by atoms with Gasteiger partial charge in [-0.25, -0.2) is 0 Å². The van der Waals surface area contributed by atoms with Crippen molar-refractivity contribution in [2.75, 3.05) is 52.4 Å². The molecule has 15 nitrogen and oxygen atoms in total. The smallest absolute Gasteiger partial charge is 0.223 e. The van der Waals surface area contributed by atoms with Crippen molar-refractivity contribution in [3.05, 3.63) is 71.8 Å². The van der Waals surface area contributed by atoms with Crippen molar-refractivity contribution in [1.82, 2.24) is 19.6 Å². The summed E-state index contributed by atoms with van der Waals surface area (Å²) < 4.78 is 0. The molecule has 0 aliphatic heterocycles. The third-order valence-corrected chi connectivity index (χ3v) is 6.95. The number of carboxylic acid groups (broad SMARTS) is 5. The predicted molar refractivity (Wildman–Crippen MR) is 150 cm³/mol. The molecule has 2 aromatic rings. The van der Waals surface area contributed by atoms with Crippen molar-refractivity contribution in [2.45, 2.75) is 32.0 Å². The molecule has 0 heterocycles. The molecule has 0 spiro atoms. The van der Waals surface area contributed by atoms with Crippen LogP contribution in [0, 0.1) is 0 Å². The number of hydrogen-bond acceptors (Lipinski definition) is 14. The van der Waals surface area contributed by atoms with E-state index in [1.54, 1.807) is 4.90 Å². The van der Waals surface area contributed by atoms with Crippen molar-refractivity contribution in [2.24, 2.45) is 0 Å². The summed E-state index contributed by atoms with van der Waals surface area (Å²) in [5, 5.41) is 57.0. The molecule has 0 saturated heterocycles. The van der Waals surface area contributed by atoms with Gasteiger partial charge < -0.3 is 54.4 Å². The Kier molecular flexibility index (Phi) is 15.8. The standard InChI is InChI=1S/C31H40N4O11/c36-26(35(17-23-7-3-1-4-8-23)18-24-9-5-2-6-10-24)12-11-25(31(45)46)34(15-13-32(19-27(37)38)20-28(39)40)16-14-33(21-29(41)42)22-30(43)44/h1-10,25H,11-22H2,(H,37,38)(H,39,40)(H,41,42)(H,43,44)(H,45,46)/p-5. The second-order valence-corrected chi connectivity index (χ2v) is 10.5. The van der Waals surface area contributed by atoms with Crippen molar-refractivity contribution < 1.29 is 54.3 Å². The normalized spacial score (nSPS) is 11.8. The molecule has 1 amide bonds. The number of nitrogens with zero attached hydrogens (tertiary/aromatic N) is 4. The number of benzene rings is 2. The van der Waals surface area contributed by atoms with Crippen LogP contribution in [-0.4, -0.2) is 114 Å². The van der Waals surface area contributed by atoms with Crippen LogP contribution in [0.2, 0.25) is 0 Å². The quantitative estimate of drug-likeness (QED) is 0.110. The SMILES string of the molecule is O=C([O-])CN(CCN(CCN(CC(=O)[O-])CC(=O)[O-])C(CCC(=O)N(Cc1ccccc1)Cc1ccccc1)C(=O)[O-])CC(=O)[O-]. The fraction of sp³-hybridized carbons (Fsp3) is 0.419. The maximum atomic E-state index is 13.5. The average Bonchev–Trinajstić information content (AvgIpc) is 2.97. The van der Waals surface area contributed by atoms with E-state index in [9.17, 15) is 54.3 Å². The van der Waals surface area contributed by atoms with Crippen LogP contribution >= 0.6 is 0 Å². The van der Waals surface area contributed by atoms with Gasteiger partial charge in [0.25, 0.3) is 0 Å². The number of carboxylic acids is 5. The molecule has 0 aliphatic carbocycles. The van der Waals surface area contributed by atoms with E-state index in [2.05, 4.69) is 0 Å². The van der Waals surface area contributed by atoms with Gasteiger partial charge in [-0.3, -0.25) is 19.5 Å². The monoisotopic (exact) mass is 639 g/mol. The molecule has 1 unspecified atom stereocenters. The topological polar surface area (TPSA) is 231 Å². The Morgan fingerprint density at radius 2 is 0.913 bits per heavy atom. The van der Waals surface area contributed by atoms with Crippen LogP contribution in [0.15, 0.2) is 60.7 Å². The maximum Gasteiger partial charge on any atom is 0.223 e. The second kappa shape index (κ2) is 19.5. The summed E-state index contributed by atoms with van der Waals surface area (Å²) in [4.78, 5) is 75.1. The fourth-order valence-corrected chi connectivity index (χ4v) is 4.83. The first-order chi connectivity index (χ1) is 21.8. The largest absolute Gasteiger partial charge is 0.549 e. The first kappa shape index (κ1) is 37.3.